The number of aromatic nitrogens is 1. The fraction of sp³-hybridized carbons (Fsp3) is 0.625. The Morgan fingerprint density at radius 2 is 1.52 bits per heavy atom. The third-order valence-electron chi connectivity index (χ3n) is 2.57. The lowest BCUT2D eigenvalue weighted by Crippen LogP contribution is -2.30. The van der Waals surface area contributed by atoms with E-state index in [2.05, 4.69) is 57.2 Å². The van der Waals surface area contributed by atoms with Crippen LogP contribution in [0.2, 0.25) is 0 Å². The molecule has 0 amide bonds. The number of aryl methyl sites for hydroxylation is 1. The van der Waals surface area contributed by atoms with Gasteiger partial charge in [0.25, 0.3) is 0 Å². The number of pyridine rings is 1. The lowest BCUT2D eigenvalue weighted by Gasteiger charge is -2.26. The molecule has 4 nitrogen and oxygen atoms in total. The van der Waals surface area contributed by atoms with E-state index in [1.165, 1.54) is 0 Å². The largest absolute Gasteiger partial charge is 0.365 e. The van der Waals surface area contributed by atoms with Gasteiger partial charge in [0.1, 0.15) is 11.6 Å². The molecule has 0 bridgehead atoms. The van der Waals surface area contributed by atoms with Crippen molar-refractivity contribution >= 4 is 29.8 Å². The fourth-order valence-electron chi connectivity index (χ4n) is 2.01. The summed E-state index contributed by atoms with van der Waals surface area (Å²) in [6.45, 7) is 15.9. The first-order valence-electron chi connectivity index (χ1n) is 6.98. The molecule has 0 radical (unpaired) electrons. The van der Waals surface area contributed by atoms with Crippen LogP contribution < -0.4 is 10.6 Å². The van der Waals surface area contributed by atoms with Crippen LogP contribution in [0.3, 0.4) is 0 Å². The van der Waals surface area contributed by atoms with E-state index in [1.54, 1.807) is 6.92 Å². The topological polar surface area (TPSA) is 54.0 Å². The summed E-state index contributed by atoms with van der Waals surface area (Å²) in [5, 5.41) is 6.68. The van der Waals surface area contributed by atoms with E-state index < -0.39 is 0 Å². The van der Waals surface area contributed by atoms with Crippen molar-refractivity contribution in [2.75, 3.05) is 10.6 Å². The fourth-order valence-corrected chi connectivity index (χ4v) is 2.01. The zero-order valence-corrected chi connectivity index (χ0v) is 15.2. The van der Waals surface area contributed by atoms with Gasteiger partial charge in [-0.3, -0.25) is 4.79 Å². The number of ketones is 1. The van der Waals surface area contributed by atoms with Crippen molar-refractivity contribution < 1.29 is 4.79 Å². The highest BCUT2D eigenvalue weighted by atomic mass is 35.5. The molecule has 0 unspecified atom stereocenters. The van der Waals surface area contributed by atoms with Gasteiger partial charge in [0.05, 0.1) is 5.56 Å². The second kappa shape index (κ2) is 6.65. The third kappa shape index (κ3) is 6.34. The maximum Gasteiger partial charge on any atom is 0.163 e. The van der Waals surface area contributed by atoms with Crippen molar-refractivity contribution in [2.45, 2.75) is 66.5 Å². The minimum Gasteiger partial charge on any atom is -0.365 e. The van der Waals surface area contributed by atoms with Crippen LogP contribution in [0.15, 0.2) is 6.07 Å². The molecule has 0 aliphatic heterocycles. The van der Waals surface area contributed by atoms with Crippen molar-refractivity contribution in [1.29, 1.82) is 0 Å². The average molecular weight is 314 g/mol. The first kappa shape index (κ1) is 19.7. The van der Waals surface area contributed by atoms with Gasteiger partial charge >= 0.3 is 0 Å². The quantitative estimate of drug-likeness (QED) is 0.810. The van der Waals surface area contributed by atoms with Gasteiger partial charge in [-0.05, 0) is 67.0 Å². The maximum absolute atomic E-state index is 11.9. The Balaban J connectivity index is 0.00000400. The summed E-state index contributed by atoms with van der Waals surface area (Å²) in [4.78, 5) is 16.5. The summed E-state index contributed by atoms with van der Waals surface area (Å²) in [6.07, 6.45) is 0. The van der Waals surface area contributed by atoms with Crippen LogP contribution in [0.5, 0.6) is 0 Å². The number of halogens is 1. The number of rotatable bonds is 3. The first-order chi connectivity index (χ1) is 8.89. The van der Waals surface area contributed by atoms with Crippen LogP contribution in [0, 0.1) is 6.92 Å². The van der Waals surface area contributed by atoms with E-state index in [-0.39, 0.29) is 29.3 Å². The van der Waals surface area contributed by atoms with Crippen LogP contribution in [-0.4, -0.2) is 21.8 Å². The highest BCUT2D eigenvalue weighted by Crippen LogP contribution is 2.26. The van der Waals surface area contributed by atoms with Crippen molar-refractivity contribution in [3.63, 3.8) is 0 Å². The van der Waals surface area contributed by atoms with Gasteiger partial charge in [0.15, 0.2) is 5.78 Å². The molecule has 5 heteroatoms. The standard InChI is InChI=1S/C16H27N3O.ClH/c1-10-9-12(18-15(3,4)5)17-14(13(10)11(2)20)19-16(6,7)8;/h9H,1-8H3,(H2,17,18,19);1H. The maximum atomic E-state index is 11.9. The van der Waals surface area contributed by atoms with Crippen molar-refractivity contribution in [2.24, 2.45) is 0 Å². The monoisotopic (exact) mass is 313 g/mol. The summed E-state index contributed by atoms with van der Waals surface area (Å²) in [5.41, 5.74) is 1.38. The lowest BCUT2D eigenvalue weighted by molar-refractivity contribution is 0.101. The summed E-state index contributed by atoms with van der Waals surface area (Å²) in [5.74, 6) is 1.47. The molecule has 0 atom stereocenters. The first-order valence-corrected chi connectivity index (χ1v) is 6.98. The SMILES string of the molecule is CC(=O)c1c(C)cc(NC(C)(C)C)nc1NC(C)(C)C.Cl. The van der Waals surface area contributed by atoms with E-state index in [0.29, 0.717) is 11.4 Å². The summed E-state index contributed by atoms with van der Waals surface area (Å²) >= 11 is 0. The normalized spacial score (nSPS) is 11.6. The van der Waals surface area contributed by atoms with Gasteiger partial charge in [-0.25, -0.2) is 4.98 Å². The van der Waals surface area contributed by atoms with E-state index in [1.807, 2.05) is 13.0 Å². The van der Waals surface area contributed by atoms with Gasteiger partial charge in [-0.2, -0.15) is 0 Å². The Hall–Kier alpha value is -1.29. The minimum atomic E-state index is -0.149. The van der Waals surface area contributed by atoms with Crippen molar-refractivity contribution in [1.82, 2.24) is 4.98 Å². The minimum absolute atomic E-state index is 0. The number of hydrogen-bond donors (Lipinski definition) is 2. The molecule has 2 N–H and O–H groups in total. The molecule has 21 heavy (non-hydrogen) atoms. The van der Waals surface area contributed by atoms with Crippen LogP contribution in [0.25, 0.3) is 0 Å². The number of nitrogens with zero attached hydrogens (tertiary/aromatic N) is 1. The molecule has 0 aliphatic carbocycles. The predicted molar refractivity (Wildman–Crippen MR) is 93.0 cm³/mol. The molecule has 120 valence electrons. The molecule has 0 saturated carbocycles. The summed E-state index contributed by atoms with van der Waals surface area (Å²) in [7, 11) is 0. The van der Waals surface area contributed by atoms with Crippen LogP contribution in [0.4, 0.5) is 11.6 Å². The zero-order chi connectivity index (χ0) is 15.7. The highest BCUT2D eigenvalue weighted by Gasteiger charge is 2.20. The molecular formula is C16H28ClN3O. The molecule has 0 fully saturated rings. The molecular weight excluding hydrogens is 286 g/mol. The van der Waals surface area contributed by atoms with Crippen molar-refractivity contribution in [3.8, 4) is 0 Å². The van der Waals surface area contributed by atoms with Crippen LogP contribution >= 0.6 is 12.4 Å². The molecule has 0 spiro atoms. The van der Waals surface area contributed by atoms with Gasteiger partial charge in [-0.1, -0.05) is 0 Å². The van der Waals surface area contributed by atoms with Gasteiger partial charge < -0.3 is 10.6 Å². The number of Topliss-reactive ketones (excluding diaryl/α,β-unsaturated/α-hetero) is 1. The number of nitrogens with one attached hydrogen (secondary N) is 2. The van der Waals surface area contributed by atoms with Crippen molar-refractivity contribution in [3.05, 3.63) is 17.2 Å². The van der Waals surface area contributed by atoms with Crippen LogP contribution in [-0.2, 0) is 0 Å². The molecule has 1 rings (SSSR count). The molecule has 1 aromatic rings. The second-order valence-electron chi connectivity index (χ2n) is 7.35. The average Bonchev–Trinajstić information content (AvgIpc) is 2.08. The van der Waals surface area contributed by atoms with Gasteiger partial charge in [0, 0.05) is 11.1 Å². The Bertz CT molecular complexity index is 513. The van der Waals surface area contributed by atoms with E-state index >= 15 is 0 Å². The van der Waals surface area contributed by atoms with Gasteiger partial charge in [-0.15, -0.1) is 12.4 Å². The zero-order valence-electron chi connectivity index (χ0n) is 14.3. The molecule has 1 heterocycles. The molecule has 0 aliphatic rings. The Morgan fingerprint density at radius 1 is 1.05 bits per heavy atom. The summed E-state index contributed by atoms with van der Waals surface area (Å²) in [6, 6.07) is 1.93. The highest BCUT2D eigenvalue weighted by molar-refractivity contribution is 6.00. The third-order valence-corrected chi connectivity index (χ3v) is 2.57. The molecule has 1 aromatic heterocycles. The second-order valence-corrected chi connectivity index (χ2v) is 7.35. The number of anilines is 2. The number of carbonyl (C=O) groups excluding carboxylic acids is 1. The Morgan fingerprint density at radius 3 is 1.90 bits per heavy atom. The smallest absolute Gasteiger partial charge is 0.163 e. The predicted octanol–water partition coefficient (Wildman–Crippen LogP) is 4.44. The molecule has 0 aromatic carbocycles. The summed E-state index contributed by atoms with van der Waals surface area (Å²) < 4.78 is 0. The molecule has 0 saturated heterocycles. The number of carbonyl (C=O) groups is 1. The van der Waals surface area contributed by atoms with Crippen LogP contribution in [0.1, 0.15) is 64.4 Å². The van der Waals surface area contributed by atoms with E-state index in [9.17, 15) is 4.79 Å². The Labute approximate surface area is 134 Å². The van der Waals surface area contributed by atoms with E-state index in [0.717, 1.165) is 11.4 Å². The van der Waals surface area contributed by atoms with Gasteiger partial charge in [0.2, 0.25) is 0 Å². The lowest BCUT2D eigenvalue weighted by atomic mass is 10.0. The Kier molecular flexibility index (Phi) is 6.24. The number of hydrogen-bond acceptors (Lipinski definition) is 4. The van der Waals surface area contributed by atoms with E-state index in [4.69, 9.17) is 0 Å².